The van der Waals surface area contributed by atoms with Gasteiger partial charge in [0, 0.05) is 39.1 Å². The van der Waals surface area contributed by atoms with E-state index in [0.717, 1.165) is 49.4 Å². The molecule has 0 amide bonds. The van der Waals surface area contributed by atoms with Gasteiger partial charge in [0.15, 0.2) is 11.1 Å². The van der Waals surface area contributed by atoms with Crippen LogP contribution in [0.4, 0.5) is 0 Å². The molecule has 25 heavy (non-hydrogen) atoms. The lowest BCUT2D eigenvalue weighted by atomic mass is 10.2. The Labute approximate surface area is 172 Å². The predicted octanol–water partition coefficient (Wildman–Crippen LogP) is 3.34. The Morgan fingerprint density at radius 1 is 1.20 bits per heavy atom. The average Bonchev–Trinajstić information content (AvgIpc) is 3.35. The van der Waals surface area contributed by atoms with Gasteiger partial charge in [-0.2, -0.15) is 0 Å². The number of hydrogen-bond acceptors (Lipinski definition) is 4. The normalized spacial score (nSPS) is 18.6. The largest absolute Gasteiger partial charge is 0.356 e. The summed E-state index contributed by atoms with van der Waals surface area (Å²) >= 11 is 1.72. The second-order valence-corrected chi connectivity index (χ2v) is 7.46. The first-order chi connectivity index (χ1) is 11.8. The van der Waals surface area contributed by atoms with Gasteiger partial charge >= 0.3 is 0 Å². The number of thioether (sulfide) groups is 1. The van der Waals surface area contributed by atoms with E-state index < -0.39 is 0 Å². The molecular weight excluding hydrogens is 447 g/mol. The van der Waals surface area contributed by atoms with Gasteiger partial charge < -0.3 is 14.8 Å². The van der Waals surface area contributed by atoms with Crippen molar-refractivity contribution in [1.82, 2.24) is 25.0 Å². The maximum absolute atomic E-state index is 4.47. The molecule has 0 spiro atoms. The van der Waals surface area contributed by atoms with Gasteiger partial charge in [0.05, 0.1) is 0 Å². The molecule has 1 saturated carbocycles. The number of aromatic nitrogens is 3. The third-order valence-electron chi connectivity index (χ3n) is 5.09. The fourth-order valence-corrected chi connectivity index (χ4v) is 4.43. The maximum atomic E-state index is 4.47. The predicted molar refractivity (Wildman–Crippen MR) is 115 cm³/mol. The smallest absolute Gasteiger partial charge is 0.193 e. The van der Waals surface area contributed by atoms with E-state index in [-0.39, 0.29) is 24.0 Å². The van der Waals surface area contributed by atoms with Crippen molar-refractivity contribution in [2.75, 3.05) is 32.9 Å². The van der Waals surface area contributed by atoms with Gasteiger partial charge in [0.2, 0.25) is 0 Å². The number of aliphatic imine (C=N–C) groups is 1. The molecule has 2 heterocycles. The molecule has 1 aromatic rings. The summed E-state index contributed by atoms with van der Waals surface area (Å²) in [6.45, 7) is 3.20. The van der Waals surface area contributed by atoms with Gasteiger partial charge in [-0.1, -0.05) is 24.6 Å². The van der Waals surface area contributed by atoms with E-state index in [1.54, 1.807) is 11.8 Å². The summed E-state index contributed by atoms with van der Waals surface area (Å²) in [6, 6.07) is 0.614. The molecule has 1 saturated heterocycles. The number of rotatable bonds is 6. The van der Waals surface area contributed by atoms with Gasteiger partial charge in [-0.15, -0.1) is 34.2 Å². The van der Waals surface area contributed by atoms with Gasteiger partial charge in [-0.3, -0.25) is 4.99 Å². The number of aryl methyl sites for hydroxylation is 1. The molecule has 1 aromatic heterocycles. The van der Waals surface area contributed by atoms with Gasteiger partial charge in [-0.05, 0) is 38.4 Å². The van der Waals surface area contributed by atoms with Gasteiger partial charge in [0.25, 0.3) is 0 Å². The molecule has 0 aromatic carbocycles. The van der Waals surface area contributed by atoms with Crippen LogP contribution in [-0.2, 0) is 6.42 Å². The van der Waals surface area contributed by atoms with E-state index >= 15 is 0 Å². The van der Waals surface area contributed by atoms with Crippen LogP contribution >= 0.6 is 35.7 Å². The van der Waals surface area contributed by atoms with Crippen LogP contribution in [0.25, 0.3) is 0 Å². The molecule has 142 valence electrons. The lowest BCUT2D eigenvalue weighted by Crippen LogP contribution is -2.40. The molecule has 0 atom stereocenters. The molecule has 1 N–H and O–H groups in total. The monoisotopic (exact) mass is 478 g/mol. The molecular formula is C17H31IN6S. The highest BCUT2D eigenvalue weighted by Crippen LogP contribution is 2.33. The lowest BCUT2D eigenvalue weighted by Gasteiger charge is -2.21. The second kappa shape index (κ2) is 10.6. The quantitative estimate of drug-likeness (QED) is 0.224. The minimum Gasteiger partial charge on any atom is -0.356 e. The molecule has 6 nitrogen and oxygen atoms in total. The minimum atomic E-state index is 0. The fraction of sp³-hybridized carbons (Fsp3) is 0.824. The summed E-state index contributed by atoms with van der Waals surface area (Å²) in [4.78, 5) is 6.76. The van der Waals surface area contributed by atoms with E-state index in [2.05, 4.69) is 36.2 Å². The van der Waals surface area contributed by atoms with Crippen molar-refractivity contribution in [3.8, 4) is 0 Å². The molecule has 1 aliphatic carbocycles. The first-order valence-corrected chi connectivity index (χ1v) is 10.5. The Hall–Kier alpha value is -0.510. The molecule has 8 heteroatoms. The van der Waals surface area contributed by atoms with Gasteiger partial charge in [-0.25, -0.2) is 0 Å². The molecule has 0 unspecified atom stereocenters. The third kappa shape index (κ3) is 5.24. The summed E-state index contributed by atoms with van der Waals surface area (Å²) in [5.41, 5.74) is 0. The Morgan fingerprint density at radius 3 is 2.56 bits per heavy atom. The molecule has 2 aliphatic rings. The number of nitrogens with one attached hydrogen (secondary N) is 1. The zero-order valence-electron chi connectivity index (χ0n) is 15.4. The van der Waals surface area contributed by atoms with Crippen molar-refractivity contribution in [2.24, 2.45) is 4.99 Å². The van der Waals surface area contributed by atoms with Gasteiger partial charge in [0.1, 0.15) is 5.82 Å². The molecule has 0 bridgehead atoms. The lowest BCUT2D eigenvalue weighted by molar-refractivity contribution is 0.458. The number of halogens is 1. The van der Waals surface area contributed by atoms with E-state index in [1.807, 2.05) is 7.05 Å². The Balaban J connectivity index is 0.00000225. The van der Waals surface area contributed by atoms with Crippen LogP contribution in [0.15, 0.2) is 10.1 Å². The van der Waals surface area contributed by atoms with Crippen molar-refractivity contribution >= 4 is 41.7 Å². The SMILES string of the molecule is CN=C(NCCCc1nnc(SC)n1C1CCCC1)N1CCCC1.I. The Kier molecular flexibility index (Phi) is 8.81. The van der Waals surface area contributed by atoms with Crippen LogP contribution < -0.4 is 5.32 Å². The summed E-state index contributed by atoms with van der Waals surface area (Å²) in [7, 11) is 1.88. The van der Waals surface area contributed by atoms with E-state index in [1.165, 1.54) is 38.5 Å². The van der Waals surface area contributed by atoms with E-state index in [0.29, 0.717) is 6.04 Å². The van der Waals surface area contributed by atoms with Crippen LogP contribution in [0.1, 0.15) is 56.8 Å². The highest BCUT2D eigenvalue weighted by atomic mass is 127. The van der Waals surface area contributed by atoms with E-state index in [9.17, 15) is 0 Å². The van der Waals surface area contributed by atoms with Crippen molar-refractivity contribution in [1.29, 1.82) is 0 Å². The van der Waals surface area contributed by atoms with Crippen molar-refractivity contribution < 1.29 is 0 Å². The molecule has 0 radical (unpaired) electrons. The zero-order valence-corrected chi connectivity index (χ0v) is 18.6. The average molecular weight is 478 g/mol. The van der Waals surface area contributed by atoms with Crippen molar-refractivity contribution in [3.63, 3.8) is 0 Å². The molecule has 3 rings (SSSR count). The summed E-state index contributed by atoms with van der Waals surface area (Å²) < 4.78 is 2.41. The number of nitrogens with zero attached hydrogens (tertiary/aromatic N) is 5. The molecule has 2 fully saturated rings. The summed E-state index contributed by atoms with van der Waals surface area (Å²) in [6.07, 6.45) is 11.9. The Morgan fingerprint density at radius 2 is 1.92 bits per heavy atom. The van der Waals surface area contributed by atoms with Crippen LogP contribution in [0.3, 0.4) is 0 Å². The first-order valence-electron chi connectivity index (χ1n) is 9.27. The Bertz CT molecular complexity index is 549. The summed E-state index contributed by atoms with van der Waals surface area (Å²) in [5, 5.41) is 13.5. The van der Waals surface area contributed by atoms with Crippen LogP contribution in [0, 0.1) is 0 Å². The topological polar surface area (TPSA) is 58.3 Å². The third-order valence-corrected chi connectivity index (χ3v) is 5.73. The van der Waals surface area contributed by atoms with Crippen molar-refractivity contribution in [3.05, 3.63) is 5.82 Å². The highest BCUT2D eigenvalue weighted by molar-refractivity contribution is 14.0. The number of guanidine groups is 1. The van der Waals surface area contributed by atoms with Crippen molar-refractivity contribution in [2.45, 2.75) is 62.6 Å². The van der Waals surface area contributed by atoms with E-state index in [4.69, 9.17) is 0 Å². The first kappa shape index (κ1) is 20.8. The highest BCUT2D eigenvalue weighted by Gasteiger charge is 2.23. The van der Waals surface area contributed by atoms with Crippen LogP contribution in [0.2, 0.25) is 0 Å². The summed E-state index contributed by atoms with van der Waals surface area (Å²) in [5.74, 6) is 2.21. The maximum Gasteiger partial charge on any atom is 0.193 e. The second-order valence-electron chi connectivity index (χ2n) is 6.68. The number of hydrogen-bond donors (Lipinski definition) is 1. The molecule has 1 aliphatic heterocycles. The standard InChI is InChI=1S/C17H30N6S.HI/c1-18-16(22-12-5-6-13-22)19-11-7-10-15-20-21-17(24-2)23(15)14-8-3-4-9-14;/h14H,3-13H2,1-2H3,(H,18,19);1H. The van der Waals surface area contributed by atoms with Crippen LogP contribution in [0.5, 0.6) is 0 Å². The fourth-order valence-electron chi connectivity index (χ4n) is 3.85. The zero-order chi connectivity index (χ0) is 16.8. The minimum absolute atomic E-state index is 0. The number of likely N-dealkylation sites (tertiary alicyclic amines) is 1. The van der Waals surface area contributed by atoms with Crippen LogP contribution in [-0.4, -0.2) is 58.6 Å².